The number of amides is 1. The first-order valence-electron chi connectivity index (χ1n) is 5.26. The molecule has 0 saturated heterocycles. The molecule has 0 aromatic carbocycles. The molecule has 3 nitrogen and oxygen atoms in total. The van der Waals surface area contributed by atoms with Crippen LogP contribution in [0.5, 0.6) is 0 Å². The van der Waals surface area contributed by atoms with E-state index in [2.05, 4.69) is 12.2 Å². The number of hydrogen-bond acceptors (Lipinski definition) is 3. The molecule has 0 saturated carbocycles. The van der Waals surface area contributed by atoms with Gasteiger partial charge in [0.1, 0.15) is 0 Å². The number of carbonyl (C=O) groups is 1. The highest BCUT2D eigenvalue weighted by Gasteiger charge is 2.14. The summed E-state index contributed by atoms with van der Waals surface area (Å²) in [5.74, 6) is 0.0409. The lowest BCUT2D eigenvalue weighted by Crippen LogP contribution is -2.34. The minimum atomic E-state index is -0.0337. The average molecular weight is 226 g/mol. The average Bonchev–Trinajstić information content (AvgIpc) is 2.75. The van der Waals surface area contributed by atoms with Crippen molar-refractivity contribution in [3.63, 3.8) is 0 Å². The van der Waals surface area contributed by atoms with Gasteiger partial charge in [-0.05, 0) is 28.8 Å². The highest BCUT2D eigenvalue weighted by atomic mass is 32.1. The maximum Gasteiger partial charge on any atom is 0.224 e. The predicted molar refractivity (Wildman–Crippen MR) is 63.6 cm³/mol. The van der Waals surface area contributed by atoms with Crippen LogP contribution in [0.15, 0.2) is 16.8 Å². The molecule has 84 valence electrons. The van der Waals surface area contributed by atoms with Gasteiger partial charge in [-0.3, -0.25) is 4.79 Å². The third-order valence-corrected chi connectivity index (χ3v) is 3.07. The first-order valence-corrected chi connectivity index (χ1v) is 6.21. The van der Waals surface area contributed by atoms with E-state index in [1.165, 1.54) is 0 Å². The SMILES string of the molecule is CCCC(CN)C(=O)NCc1ccsc1. The minimum Gasteiger partial charge on any atom is -0.352 e. The van der Waals surface area contributed by atoms with Crippen molar-refractivity contribution in [1.29, 1.82) is 0 Å². The van der Waals surface area contributed by atoms with E-state index in [1.807, 2.05) is 16.8 Å². The van der Waals surface area contributed by atoms with Crippen LogP contribution in [-0.4, -0.2) is 12.5 Å². The first-order chi connectivity index (χ1) is 7.27. The molecule has 0 aliphatic rings. The molecule has 1 atom stereocenters. The maximum atomic E-state index is 11.7. The van der Waals surface area contributed by atoms with Gasteiger partial charge in [-0.1, -0.05) is 13.3 Å². The van der Waals surface area contributed by atoms with E-state index < -0.39 is 0 Å². The molecule has 0 fully saturated rings. The van der Waals surface area contributed by atoms with E-state index in [1.54, 1.807) is 11.3 Å². The summed E-state index contributed by atoms with van der Waals surface area (Å²) in [6.45, 7) is 3.11. The standard InChI is InChI=1S/C11H18N2OS/c1-2-3-10(6-12)11(14)13-7-9-4-5-15-8-9/h4-5,8,10H,2-3,6-7,12H2,1H3,(H,13,14). The van der Waals surface area contributed by atoms with Gasteiger partial charge in [-0.2, -0.15) is 11.3 Å². The Morgan fingerprint density at radius 2 is 2.47 bits per heavy atom. The van der Waals surface area contributed by atoms with Crippen LogP contribution < -0.4 is 11.1 Å². The van der Waals surface area contributed by atoms with Crippen molar-refractivity contribution in [2.75, 3.05) is 6.54 Å². The molecule has 0 radical (unpaired) electrons. The molecule has 15 heavy (non-hydrogen) atoms. The van der Waals surface area contributed by atoms with Crippen LogP contribution in [-0.2, 0) is 11.3 Å². The van der Waals surface area contributed by atoms with Crippen molar-refractivity contribution < 1.29 is 4.79 Å². The highest BCUT2D eigenvalue weighted by molar-refractivity contribution is 7.07. The molecule has 3 N–H and O–H groups in total. The Bertz CT molecular complexity index is 285. The molecule has 1 heterocycles. The van der Waals surface area contributed by atoms with Crippen LogP contribution in [0.3, 0.4) is 0 Å². The molecule has 1 rings (SSSR count). The Morgan fingerprint density at radius 1 is 1.67 bits per heavy atom. The van der Waals surface area contributed by atoms with E-state index in [9.17, 15) is 4.79 Å². The van der Waals surface area contributed by atoms with Crippen LogP contribution in [0.2, 0.25) is 0 Å². The Morgan fingerprint density at radius 3 is 3.00 bits per heavy atom. The molecular formula is C11H18N2OS. The Kier molecular flexibility index (Phi) is 5.36. The Labute approximate surface area is 94.7 Å². The van der Waals surface area contributed by atoms with Gasteiger partial charge >= 0.3 is 0 Å². The van der Waals surface area contributed by atoms with E-state index in [0.717, 1.165) is 18.4 Å². The number of carbonyl (C=O) groups excluding carboxylic acids is 1. The van der Waals surface area contributed by atoms with Gasteiger partial charge in [-0.15, -0.1) is 0 Å². The summed E-state index contributed by atoms with van der Waals surface area (Å²) in [7, 11) is 0. The van der Waals surface area contributed by atoms with E-state index in [0.29, 0.717) is 13.1 Å². The topological polar surface area (TPSA) is 55.1 Å². The molecular weight excluding hydrogens is 208 g/mol. The predicted octanol–water partition coefficient (Wildman–Crippen LogP) is 1.74. The Balaban J connectivity index is 2.34. The van der Waals surface area contributed by atoms with Gasteiger partial charge in [-0.25, -0.2) is 0 Å². The first kappa shape index (κ1) is 12.2. The fourth-order valence-electron chi connectivity index (χ4n) is 1.43. The second-order valence-corrected chi connectivity index (χ2v) is 4.35. The van der Waals surface area contributed by atoms with Gasteiger partial charge in [0.05, 0.1) is 5.92 Å². The lowest BCUT2D eigenvalue weighted by Gasteiger charge is -2.13. The number of hydrogen-bond donors (Lipinski definition) is 2. The summed E-state index contributed by atoms with van der Waals surface area (Å²) in [6, 6.07) is 2.02. The zero-order valence-corrected chi connectivity index (χ0v) is 9.85. The number of thiophene rings is 1. The van der Waals surface area contributed by atoms with Crippen molar-refractivity contribution in [3.05, 3.63) is 22.4 Å². The zero-order chi connectivity index (χ0) is 11.1. The van der Waals surface area contributed by atoms with Gasteiger partial charge in [0.15, 0.2) is 0 Å². The summed E-state index contributed by atoms with van der Waals surface area (Å²) >= 11 is 1.64. The molecule has 1 aromatic heterocycles. The summed E-state index contributed by atoms with van der Waals surface area (Å²) < 4.78 is 0. The Hall–Kier alpha value is -0.870. The molecule has 0 spiro atoms. The highest BCUT2D eigenvalue weighted by Crippen LogP contribution is 2.07. The van der Waals surface area contributed by atoms with Crippen molar-refractivity contribution >= 4 is 17.2 Å². The maximum absolute atomic E-state index is 11.7. The second-order valence-electron chi connectivity index (χ2n) is 3.57. The summed E-state index contributed by atoms with van der Waals surface area (Å²) in [4.78, 5) is 11.7. The van der Waals surface area contributed by atoms with E-state index >= 15 is 0 Å². The molecule has 0 bridgehead atoms. The molecule has 0 aliphatic carbocycles. The van der Waals surface area contributed by atoms with Crippen molar-refractivity contribution in [2.45, 2.75) is 26.3 Å². The molecule has 0 aliphatic heterocycles. The fraction of sp³-hybridized carbons (Fsp3) is 0.545. The number of nitrogens with one attached hydrogen (secondary N) is 1. The minimum absolute atomic E-state index is 0.0337. The van der Waals surface area contributed by atoms with Gasteiger partial charge in [0.2, 0.25) is 5.91 Å². The largest absolute Gasteiger partial charge is 0.352 e. The third-order valence-electron chi connectivity index (χ3n) is 2.34. The quantitative estimate of drug-likeness (QED) is 0.776. The van der Waals surface area contributed by atoms with Crippen LogP contribution >= 0.6 is 11.3 Å². The van der Waals surface area contributed by atoms with Crippen molar-refractivity contribution in [1.82, 2.24) is 5.32 Å². The van der Waals surface area contributed by atoms with Gasteiger partial charge < -0.3 is 11.1 Å². The monoisotopic (exact) mass is 226 g/mol. The summed E-state index contributed by atoms with van der Waals surface area (Å²) in [5.41, 5.74) is 6.70. The lowest BCUT2D eigenvalue weighted by molar-refractivity contribution is -0.125. The van der Waals surface area contributed by atoms with Crippen molar-refractivity contribution in [2.24, 2.45) is 11.7 Å². The molecule has 1 aromatic rings. The van der Waals surface area contributed by atoms with E-state index in [4.69, 9.17) is 5.73 Å². The second kappa shape index (κ2) is 6.58. The fourth-order valence-corrected chi connectivity index (χ4v) is 2.10. The van der Waals surface area contributed by atoms with Crippen LogP contribution in [0.25, 0.3) is 0 Å². The van der Waals surface area contributed by atoms with Gasteiger partial charge in [0, 0.05) is 13.1 Å². The van der Waals surface area contributed by atoms with Gasteiger partial charge in [0.25, 0.3) is 0 Å². The molecule has 4 heteroatoms. The lowest BCUT2D eigenvalue weighted by atomic mass is 10.0. The molecule has 1 amide bonds. The number of rotatable bonds is 6. The van der Waals surface area contributed by atoms with E-state index in [-0.39, 0.29) is 11.8 Å². The molecule has 1 unspecified atom stereocenters. The zero-order valence-electron chi connectivity index (χ0n) is 9.03. The summed E-state index contributed by atoms with van der Waals surface area (Å²) in [5, 5.41) is 6.96. The number of nitrogens with two attached hydrogens (primary N) is 1. The normalized spacial score (nSPS) is 12.4. The van der Waals surface area contributed by atoms with Crippen molar-refractivity contribution in [3.8, 4) is 0 Å². The smallest absolute Gasteiger partial charge is 0.224 e. The van der Waals surface area contributed by atoms with Crippen LogP contribution in [0.4, 0.5) is 0 Å². The summed E-state index contributed by atoms with van der Waals surface area (Å²) in [6.07, 6.45) is 1.86. The van der Waals surface area contributed by atoms with Crippen LogP contribution in [0, 0.1) is 5.92 Å². The van der Waals surface area contributed by atoms with Crippen LogP contribution in [0.1, 0.15) is 25.3 Å². The third kappa shape index (κ3) is 4.01.